The molecule has 0 heterocycles. The van der Waals surface area contributed by atoms with Crippen molar-refractivity contribution in [1.82, 2.24) is 0 Å². The molecule has 0 spiro atoms. The van der Waals surface area contributed by atoms with E-state index in [1.54, 1.807) is 0 Å². The van der Waals surface area contributed by atoms with Gasteiger partial charge >= 0.3 is 191 Å². The van der Waals surface area contributed by atoms with Gasteiger partial charge in [-0.25, -0.2) is 0 Å². The average molecular weight is 487 g/mol. The van der Waals surface area contributed by atoms with Gasteiger partial charge in [-0.3, -0.25) is 0 Å². The minimum atomic E-state index is -2.59. The van der Waals surface area contributed by atoms with E-state index in [0.29, 0.717) is 0 Å². The zero-order chi connectivity index (χ0) is 21.4. The van der Waals surface area contributed by atoms with Gasteiger partial charge in [0.25, 0.3) is 0 Å². The Kier molecular flexibility index (Phi) is 7.39. The van der Waals surface area contributed by atoms with Crippen molar-refractivity contribution in [3.8, 4) is 0 Å². The summed E-state index contributed by atoms with van der Waals surface area (Å²) in [5.74, 6) is -2.59. The van der Waals surface area contributed by atoms with E-state index >= 15 is 0 Å². The van der Waals surface area contributed by atoms with Gasteiger partial charge in [0.15, 0.2) is 0 Å². The molecule has 0 saturated carbocycles. The van der Waals surface area contributed by atoms with Crippen LogP contribution in [0.4, 0.5) is 0 Å². The maximum absolute atomic E-state index is 14.2. The molecule has 0 saturated heterocycles. The van der Waals surface area contributed by atoms with Crippen molar-refractivity contribution < 1.29 is 4.57 Å². The zero-order valence-electron chi connectivity index (χ0n) is 17.3. The number of allylic oxidation sites excluding steroid dienone is 1. The van der Waals surface area contributed by atoms with Crippen molar-refractivity contribution in [3.05, 3.63) is 139 Å². The van der Waals surface area contributed by atoms with E-state index in [1.807, 2.05) is 72.8 Å². The second-order valence-corrected chi connectivity index (χ2v) is 15.3. The fraction of sp³-hybridized carbons (Fsp3) is 0.0714. The fourth-order valence-electron chi connectivity index (χ4n) is 3.57. The topological polar surface area (TPSA) is 17.1 Å². The average Bonchev–Trinajstić information content (AvgIpc) is 2.86. The van der Waals surface area contributed by atoms with E-state index in [4.69, 9.17) is 0 Å². The van der Waals surface area contributed by atoms with E-state index in [2.05, 4.69) is 54.6 Å². The molecular formula is C28H25OPSe. The van der Waals surface area contributed by atoms with Gasteiger partial charge in [-0.15, -0.1) is 0 Å². The molecule has 0 aromatic heterocycles. The van der Waals surface area contributed by atoms with Crippen LogP contribution in [0.1, 0.15) is 17.5 Å². The first kappa shape index (κ1) is 21.6. The van der Waals surface area contributed by atoms with Crippen LogP contribution >= 0.6 is 5.83 Å². The summed E-state index contributed by atoms with van der Waals surface area (Å²) in [6.45, 7) is 0. The molecule has 4 rings (SSSR count). The van der Waals surface area contributed by atoms with Crippen LogP contribution in [-0.4, -0.2) is 14.5 Å². The van der Waals surface area contributed by atoms with Crippen LogP contribution in [0.15, 0.2) is 127 Å². The summed E-state index contributed by atoms with van der Waals surface area (Å²) in [7, 11) is 0. The van der Waals surface area contributed by atoms with E-state index in [1.165, 1.54) is 16.7 Å². The number of hydrogen-bond donors (Lipinski definition) is 0. The normalized spacial score (nSPS) is 11.1. The Bertz CT molecular complexity index is 1070. The van der Waals surface area contributed by atoms with Crippen molar-refractivity contribution in [1.29, 1.82) is 0 Å². The second kappa shape index (κ2) is 10.6. The third-order valence-corrected chi connectivity index (χ3v) is 14.2. The Morgan fingerprint density at radius 1 is 0.613 bits per heavy atom. The Labute approximate surface area is 191 Å². The van der Waals surface area contributed by atoms with Gasteiger partial charge in [0.1, 0.15) is 0 Å². The Balaban J connectivity index is 1.58. The molecular weight excluding hydrogens is 462 g/mol. The molecule has 0 radical (unpaired) electrons. The molecule has 1 nitrogen and oxygen atoms in total. The summed E-state index contributed by atoms with van der Waals surface area (Å²) in [5.41, 5.74) is 3.68. The molecule has 3 heteroatoms. The van der Waals surface area contributed by atoms with Crippen molar-refractivity contribution in [3.63, 3.8) is 0 Å². The summed E-state index contributed by atoms with van der Waals surface area (Å²) in [5, 5.41) is 2.87. The Morgan fingerprint density at radius 3 is 1.42 bits per heavy atom. The van der Waals surface area contributed by atoms with E-state index < -0.39 is 5.83 Å². The fourth-order valence-corrected chi connectivity index (χ4v) is 11.6. The Hall–Kier alpha value is -2.63. The van der Waals surface area contributed by atoms with Gasteiger partial charge in [-0.05, 0) is 0 Å². The molecule has 0 atom stereocenters. The maximum atomic E-state index is 14.2. The first-order valence-corrected chi connectivity index (χ1v) is 15.6. The third-order valence-electron chi connectivity index (χ3n) is 5.10. The van der Waals surface area contributed by atoms with Crippen LogP contribution in [0.3, 0.4) is 0 Å². The first-order valence-electron chi connectivity index (χ1n) is 10.4. The van der Waals surface area contributed by atoms with Gasteiger partial charge in [-0.1, -0.05) is 0 Å². The quantitative estimate of drug-likeness (QED) is 0.156. The molecule has 0 bridgehead atoms. The molecule has 0 aliphatic rings. The van der Waals surface area contributed by atoms with Crippen LogP contribution in [0.25, 0.3) is 5.57 Å². The Morgan fingerprint density at radius 2 is 1.00 bits per heavy atom. The van der Waals surface area contributed by atoms with Crippen LogP contribution in [0, 0.1) is 0 Å². The molecule has 0 aliphatic heterocycles. The molecule has 0 unspecified atom stereocenters. The standard InChI is InChI=1S/C28H25OPSe/c29-30(26-18-9-3-10-19-26,27-20-11-4-12-21-27)31-23-13-22-28(24-14-5-1-6-15-24)25-16-7-2-8-17-25/h1-12,14-22H,13,23H2. The third kappa shape index (κ3) is 5.35. The molecule has 0 aliphatic carbocycles. The van der Waals surface area contributed by atoms with Gasteiger partial charge in [-0.2, -0.15) is 0 Å². The summed E-state index contributed by atoms with van der Waals surface area (Å²) < 4.78 is 14.2. The summed E-state index contributed by atoms with van der Waals surface area (Å²) >= 11 is -0.0231. The van der Waals surface area contributed by atoms with Gasteiger partial charge in [0, 0.05) is 0 Å². The van der Waals surface area contributed by atoms with E-state index in [0.717, 1.165) is 22.3 Å². The summed E-state index contributed by atoms with van der Waals surface area (Å²) in [6.07, 6.45) is 3.22. The second-order valence-electron chi connectivity index (χ2n) is 7.19. The zero-order valence-corrected chi connectivity index (χ0v) is 19.9. The van der Waals surface area contributed by atoms with Crippen molar-refractivity contribution in [2.24, 2.45) is 0 Å². The van der Waals surface area contributed by atoms with Crippen molar-refractivity contribution >= 4 is 36.5 Å². The van der Waals surface area contributed by atoms with Crippen LogP contribution in [0.5, 0.6) is 0 Å². The SMILES string of the molecule is O=P([Se]CCC=C(c1ccccc1)c1ccccc1)(c1ccccc1)c1ccccc1. The van der Waals surface area contributed by atoms with Gasteiger partial charge < -0.3 is 0 Å². The van der Waals surface area contributed by atoms with Crippen molar-refractivity contribution in [2.45, 2.75) is 11.7 Å². The number of benzene rings is 4. The molecule has 0 amide bonds. The van der Waals surface area contributed by atoms with Gasteiger partial charge in [0.2, 0.25) is 0 Å². The van der Waals surface area contributed by atoms with E-state index in [9.17, 15) is 4.57 Å². The predicted octanol–water partition coefficient (Wildman–Crippen LogP) is 6.56. The number of rotatable bonds is 8. The molecule has 0 N–H and O–H groups in total. The van der Waals surface area contributed by atoms with E-state index in [-0.39, 0.29) is 14.5 Å². The number of hydrogen-bond acceptors (Lipinski definition) is 1. The summed E-state index contributed by atoms with van der Waals surface area (Å²) in [4.78, 5) is 0. The monoisotopic (exact) mass is 488 g/mol. The predicted molar refractivity (Wildman–Crippen MR) is 135 cm³/mol. The summed E-state index contributed by atoms with van der Waals surface area (Å²) in [6, 6.07) is 41.0. The first-order chi connectivity index (χ1) is 15.3. The molecule has 4 aromatic rings. The van der Waals surface area contributed by atoms with Crippen LogP contribution in [-0.2, 0) is 4.57 Å². The van der Waals surface area contributed by atoms with Crippen LogP contribution < -0.4 is 10.6 Å². The van der Waals surface area contributed by atoms with Crippen molar-refractivity contribution in [2.75, 3.05) is 0 Å². The minimum absolute atomic E-state index is 0.0231. The molecule has 31 heavy (non-hydrogen) atoms. The molecule has 154 valence electrons. The molecule has 4 aromatic carbocycles. The molecule has 0 fully saturated rings. The van der Waals surface area contributed by atoms with Crippen LogP contribution in [0.2, 0.25) is 5.32 Å². The van der Waals surface area contributed by atoms with Gasteiger partial charge in [0.05, 0.1) is 0 Å².